The first-order chi connectivity index (χ1) is 9.00. The number of hydrogen-bond donors (Lipinski definition) is 1. The summed E-state index contributed by atoms with van der Waals surface area (Å²) in [5.74, 6) is 2.02. The maximum atomic E-state index is 12.6. The van der Waals surface area contributed by atoms with Crippen LogP contribution >= 0.6 is 11.8 Å². The third-order valence-corrected chi connectivity index (χ3v) is 4.64. The highest BCUT2D eigenvalue weighted by atomic mass is 32.2. The summed E-state index contributed by atoms with van der Waals surface area (Å²) in [7, 11) is 0. The van der Waals surface area contributed by atoms with Crippen molar-refractivity contribution in [3.8, 4) is 0 Å². The molecule has 19 heavy (non-hydrogen) atoms. The second-order valence-electron chi connectivity index (χ2n) is 5.17. The highest BCUT2D eigenvalue weighted by Gasteiger charge is 2.46. The van der Waals surface area contributed by atoms with Gasteiger partial charge in [0.1, 0.15) is 11.6 Å². The lowest BCUT2D eigenvalue weighted by Crippen LogP contribution is -2.69. The van der Waals surface area contributed by atoms with Crippen molar-refractivity contribution in [2.24, 2.45) is 0 Å². The second kappa shape index (κ2) is 7.17. The van der Waals surface area contributed by atoms with Crippen molar-refractivity contribution in [3.05, 3.63) is 0 Å². The van der Waals surface area contributed by atoms with E-state index in [0.717, 1.165) is 24.3 Å². The van der Waals surface area contributed by atoms with Gasteiger partial charge in [-0.3, -0.25) is 9.59 Å². The van der Waals surface area contributed by atoms with Gasteiger partial charge in [0.2, 0.25) is 11.8 Å². The van der Waals surface area contributed by atoms with Crippen LogP contribution in [0.2, 0.25) is 0 Å². The predicted molar refractivity (Wildman–Crippen MR) is 80.2 cm³/mol. The van der Waals surface area contributed by atoms with Gasteiger partial charge in [-0.1, -0.05) is 27.2 Å². The monoisotopic (exact) mass is 286 g/mol. The minimum atomic E-state index is -0.724. The van der Waals surface area contributed by atoms with Crippen molar-refractivity contribution in [2.45, 2.75) is 58.5 Å². The van der Waals surface area contributed by atoms with E-state index in [2.05, 4.69) is 12.2 Å². The summed E-state index contributed by atoms with van der Waals surface area (Å²) in [6.45, 7) is 8.59. The molecule has 0 aromatic heterocycles. The standard InChI is InChI=1S/C14H26N2O2S/c1-5-8-11-12(17)15-14(4,6-2)13(18)16(11)9-10-19-7-3/h11H,5-10H2,1-4H3,(H,15,17). The smallest absolute Gasteiger partial charge is 0.248 e. The first kappa shape index (κ1) is 16.3. The number of hydrogen-bond acceptors (Lipinski definition) is 3. The Kier molecular flexibility index (Phi) is 6.17. The van der Waals surface area contributed by atoms with E-state index in [1.54, 1.807) is 4.90 Å². The second-order valence-corrected chi connectivity index (χ2v) is 6.57. The van der Waals surface area contributed by atoms with Crippen LogP contribution in [0, 0.1) is 0 Å². The largest absolute Gasteiger partial charge is 0.340 e. The predicted octanol–water partition coefficient (Wildman–Crippen LogP) is 2.04. The molecule has 0 aliphatic carbocycles. The van der Waals surface area contributed by atoms with Gasteiger partial charge in [-0.05, 0) is 25.5 Å². The molecule has 0 aromatic carbocycles. The van der Waals surface area contributed by atoms with E-state index in [1.807, 2.05) is 32.5 Å². The Hall–Kier alpha value is -0.710. The lowest BCUT2D eigenvalue weighted by Gasteiger charge is -2.44. The summed E-state index contributed by atoms with van der Waals surface area (Å²) in [6, 6.07) is -0.283. The maximum Gasteiger partial charge on any atom is 0.248 e. The Labute approximate surface area is 120 Å². The zero-order valence-corrected chi connectivity index (χ0v) is 13.3. The Morgan fingerprint density at radius 3 is 2.53 bits per heavy atom. The summed E-state index contributed by atoms with van der Waals surface area (Å²) in [5.41, 5.74) is -0.724. The van der Waals surface area contributed by atoms with Gasteiger partial charge < -0.3 is 10.2 Å². The fraction of sp³-hybridized carbons (Fsp3) is 0.857. The normalized spacial score (nSPS) is 27.6. The Bertz CT molecular complexity index is 335. The summed E-state index contributed by atoms with van der Waals surface area (Å²) < 4.78 is 0. The fourth-order valence-electron chi connectivity index (χ4n) is 2.37. The highest BCUT2D eigenvalue weighted by molar-refractivity contribution is 7.99. The minimum Gasteiger partial charge on any atom is -0.340 e. The summed E-state index contributed by atoms with van der Waals surface area (Å²) in [5, 5.41) is 2.91. The third kappa shape index (κ3) is 3.65. The molecule has 110 valence electrons. The van der Waals surface area contributed by atoms with Gasteiger partial charge in [-0.2, -0.15) is 11.8 Å². The Morgan fingerprint density at radius 1 is 1.32 bits per heavy atom. The summed E-state index contributed by atoms with van der Waals surface area (Å²) in [4.78, 5) is 26.6. The molecule has 1 fully saturated rings. The van der Waals surface area contributed by atoms with E-state index in [9.17, 15) is 9.59 Å². The van der Waals surface area contributed by atoms with Gasteiger partial charge in [0.05, 0.1) is 0 Å². The van der Waals surface area contributed by atoms with Gasteiger partial charge in [0.25, 0.3) is 0 Å². The first-order valence-electron chi connectivity index (χ1n) is 7.21. The molecule has 1 saturated heterocycles. The van der Waals surface area contributed by atoms with Crippen LogP contribution in [0.4, 0.5) is 0 Å². The minimum absolute atomic E-state index is 0.00676. The van der Waals surface area contributed by atoms with Crippen LogP contribution in [0.25, 0.3) is 0 Å². The molecule has 1 aliphatic heterocycles. The summed E-state index contributed by atoms with van der Waals surface area (Å²) in [6.07, 6.45) is 2.29. The lowest BCUT2D eigenvalue weighted by atomic mass is 9.91. The number of piperazine rings is 1. The number of thioether (sulfide) groups is 1. The highest BCUT2D eigenvalue weighted by Crippen LogP contribution is 2.24. The molecule has 1 rings (SSSR count). The van der Waals surface area contributed by atoms with Crippen molar-refractivity contribution < 1.29 is 9.59 Å². The van der Waals surface area contributed by atoms with Gasteiger partial charge in [-0.25, -0.2) is 0 Å². The topological polar surface area (TPSA) is 49.4 Å². The molecule has 2 unspecified atom stereocenters. The average molecular weight is 286 g/mol. The van der Waals surface area contributed by atoms with Crippen molar-refractivity contribution in [3.63, 3.8) is 0 Å². The van der Waals surface area contributed by atoms with E-state index < -0.39 is 5.54 Å². The molecule has 1 heterocycles. The maximum absolute atomic E-state index is 12.6. The van der Waals surface area contributed by atoms with E-state index in [4.69, 9.17) is 0 Å². The van der Waals surface area contributed by atoms with Crippen LogP contribution < -0.4 is 5.32 Å². The van der Waals surface area contributed by atoms with Crippen molar-refractivity contribution >= 4 is 23.6 Å². The van der Waals surface area contributed by atoms with Crippen LogP contribution in [0.1, 0.15) is 47.0 Å². The van der Waals surface area contributed by atoms with Gasteiger partial charge in [-0.15, -0.1) is 0 Å². The molecule has 0 radical (unpaired) electrons. The number of nitrogens with zero attached hydrogens (tertiary/aromatic N) is 1. The van der Waals surface area contributed by atoms with Gasteiger partial charge in [0.15, 0.2) is 0 Å². The zero-order valence-electron chi connectivity index (χ0n) is 12.5. The van der Waals surface area contributed by atoms with Crippen molar-refractivity contribution in [1.29, 1.82) is 0 Å². The molecule has 1 N–H and O–H groups in total. The summed E-state index contributed by atoms with van der Waals surface area (Å²) >= 11 is 1.81. The molecular weight excluding hydrogens is 260 g/mol. The number of carbonyl (C=O) groups is 2. The van der Waals surface area contributed by atoms with Crippen LogP contribution in [0.15, 0.2) is 0 Å². The van der Waals surface area contributed by atoms with Crippen LogP contribution in [0.5, 0.6) is 0 Å². The number of carbonyl (C=O) groups excluding carboxylic acids is 2. The molecule has 0 aromatic rings. The molecule has 2 amide bonds. The molecule has 0 spiro atoms. The average Bonchev–Trinajstić information content (AvgIpc) is 2.39. The molecule has 5 heteroatoms. The third-order valence-electron chi connectivity index (χ3n) is 3.76. The lowest BCUT2D eigenvalue weighted by molar-refractivity contribution is -0.154. The molecule has 0 bridgehead atoms. The van der Waals surface area contributed by atoms with Crippen LogP contribution in [0.3, 0.4) is 0 Å². The molecular formula is C14H26N2O2S. The van der Waals surface area contributed by atoms with E-state index in [-0.39, 0.29) is 17.9 Å². The van der Waals surface area contributed by atoms with Crippen LogP contribution in [-0.4, -0.2) is 46.3 Å². The molecule has 1 aliphatic rings. The van der Waals surface area contributed by atoms with E-state index in [0.29, 0.717) is 13.0 Å². The van der Waals surface area contributed by atoms with E-state index >= 15 is 0 Å². The van der Waals surface area contributed by atoms with Crippen molar-refractivity contribution in [1.82, 2.24) is 10.2 Å². The Balaban J connectivity index is 2.87. The van der Waals surface area contributed by atoms with Gasteiger partial charge in [0, 0.05) is 12.3 Å². The number of nitrogens with one attached hydrogen (secondary N) is 1. The quantitative estimate of drug-likeness (QED) is 0.729. The Morgan fingerprint density at radius 2 is 2.00 bits per heavy atom. The number of rotatable bonds is 7. The molecule has 2 atom stereocenters. The van der Waals surface area contributed by atoms with Gasteiger partial charge >= 0.3 is 0 Å². The van der Waals surface area contributed by atoms with E-state index in [1.165, 1.54) is 0 Å². The van der Waals surface area contributed by atoms with Crippen molar-refractivity contribution in [2.75, 3.05) is 18.1 Å². The first-order valence-corrected chi connectivity index (χ1v) is 8.36. The molecule has 0 saturated carbocycles. The fourth-order valence-corrected chi connectivity index (χ4v) is 2.99. The number of amides is 2. The van der Waals surface area contributed by atoms with Crippen LogP contribution in [-0.2, 0) is 9.59 Å². The molecule has 4 nitrogen and oxygen atoms in total. The zero-order chi connectivity index (χ0) is 14.5. The SMILES string of the molecule is CCCC1C(=O)NC(C)(CC)C(=O)N1CCSCC.